The van der Waals surface area contributed by atoms with Gasteiger partial charge >= 0.3 is 6.98 Å². The molecule has 1 aromatic carbocycles. The van der Waals surface area contributed by atoms with Crippen LogP contribution >= 0.6 is 0 Å². The van der Waals surface area contributed by atoms with Crippen LogP contribution in [0.1, 0.15) is 11.1 Å². The maximum Gasteiger partial charge on any atom is 0.502 e. The van der Waals surface area contributed by atoms with E-state index in [4.69, 9.17) is 0 Å². The molecule has 14 heavy (non-hydrogen) atoms. The Balaban J connectivity index is 3.03. The van der Waals surface area contributed by atoms with Crippen LogP contribution < -0.4 is 0 Å². The van der Waals surface area contributed by atoms with Gasteiger partial charge in [-0.05, 0) is 18.6 Å². The Hall–Kier alpha value is -1.26. The maximum absolute atomic E-state index is 13.0. The minimum Gasteiger partial charge on any atom is -0.445 e. The fourth-order valence-electron chi connectivity index (χ4n) is 1.06. The molecule has 0 saturated carbocycles. The van der Waals surface area contributed by atoms with E-state index in [1.807, 2.05) is 0 Å². The minimum atomic E-state index is -5.00. The van der Waals surface area contributed by atoms with Crippen molar-refractivity contribution in [3.63, 3.8) is 0 Å². The van der Waals surface area contributed by atoms with Crippen molar-refractivity contribution in [3.05, 3.63) is 41.1 Å². The van der Waals surface area contributed by atoms with Crippen LogP contribution in [0.5, 0.6) is 0 Å². The van der Waals surface area contributed by atoms with Crippen molar-refractivity contribution in [1.29, 1.82) is 0 Å². The Morgan fingerprint density at radius 1 is 1.21 bits per heavy atom. The van der Waals surface area contributed by atoms with Gasteiger partial charge in [0.2, 0.25) is 0 Å². The lowest BCUT2D eigenvalue weighted by atomic mass is 9.90. The number of halogens is 4. The first-order valence-electron chi connectivity index (χ1n) is 4.04. The van der Waals surface area contributed by atoms with E-state index in [1.54, 1.807) is 13.0 Å². The molecule has 0 amide bonds. The van der Waals surface area contributed by atoms with Gasteiger partial charge in [-0.3, -0.25) is 0 Å². The molecule has 0 radical (unpaired) electrons. The van der Waals surface area contributed by atoms with E-state index in [0.717, 1.165) is 12.1 Å². The van der Waals surface area contributed by atoms with Crippen molar-refractivity contribution >= 4 is 13.1 Å². The molecule has 0 aliphatic rings. The lowest BCUT2D eigenvalue weighted by molar-refractivity contribution is 0.499. The predicted molar refractivity (Wildman–Crippen MR) is 49.2 cm³/mol. The summed E-state index contributed by atoms with van der Waals surface area (Å²) in [5.74, 6) is -0.549. The fraction of sp³-hybridized carbons (Fsp3) is 0.111. The van der Waals surface area contributed by atoms with Gasteiger partial charge in [-0.15, -0.1) is 5.98 Å². The standard InChI is InChI=1S/C9H8BF4/c1-7-3-2-4-9(11)8(7)5-6-10(12,13)14/h2-6H,1H3/q-1/b6-5+. The summed E-state index contributed by atoms with van der Waals surface area (Å²) < 4.78 is 48.6. The first-order valence-corrected chi connectivity index (χ1v) is 4.04. The third kappa shape index (κ3) is 2.90. The highest BCUT2D eigenvalue weighted by Gasteiger charge is 2.17. The van der Waals surface area contributed by atoms with Crippen LogP contribution in [-0.2, 0) is 0 Å². The molecule has 0 aromatic heterocycles. The summed E-state index contributed by atoms with van der Waals surface area (Å²) in [6.45, 7) is -3.44. The van der Waals surface area contributed by atoms with Gasteiger partial charge in [0, 0.05) is 5.56 Å². The van der Waals surface area contributed by atoms with Gasteiger partial charge < -0.3 is 12.9 Å². The summed E-state index contributed by atoms with van der Waals surface area (Å²) in [4.78, 5) is 0. The zero-order valence-electron chi connectivity index (χ0n) is 7.48. The van der Waals surface area contributed by atoms with Gasteiger partial charge in [0.1, 0.15) is 5.82 Å². The summed E-state index contributed by atoms with van der Waals surface area (Å²) in [5.41, 5.74) is 0.480. The van der Waals surface area contributed by atoms with Crippen LogP contribution in [0.25, 0.3) is 6.08 Å². The summed E-state index contributed by atoms with van der Waals surface area (Å²) >= 11 is 0. The summed E-state index contributed by atoms with van der Waals surface area (Å²) in [7, 11) is 0. The first kappa shape index (κ1) is 10.8. The molecule has 0 atom stereocenters. The van der Waals surface area contributed by atoms with Crippen molar-refractivity contribution in [2.45, 2.75) is 6.92 Å². The van der Waals surface area contributed by atoms with Crippen molar-refractivity contribution in [3.8, 4) is 0 Å². The highest BCUT2D eigenvalue weighted by atomic mass is 19.4. The molecule has 0 spiro atoms. The van der Waals surface area contributed by atoms with Crippen LogP contribution in [0.3, 0.4) is 0 Å². The largest absolute Gasteiger partial charge is 0.502 e. The lowest BCUT2D eigenvalue weighted by Crippen LogP contribution is -2.09. The average Bonchev–Trinajstić information content (AvgIpc) is 2.01. The number of hydrogen-bond acceptors (Lipinski definition) is 0. The predicted octanol–water partition coefficient (Wildman–Crippen LogP) is 3.53. The van der Waals surface area contributed by atoms with Gasteiger partial charge in [0.15, 0.2) is 0 Å². The summed E-state index contributed by atoms with van der Waals surface area (Å²) in [6.07, 6.45) is 0.769. The monoisotopic (exact) mass is 203 g/mol. The number of benzene rings is 1. The van der Waals surface area contributed by atoms with E-state index < -0.39 is 12.8 Å². The molecule has 76 valence electrons. The Labute approximate surface area is 79.3 Å². The molecule has 0 aliphatic carbocycles. The third-order valence-electron chi connectivity index (χ3n) is 1.75. The van der Waals surface area contributed by atoms with E-state index in [2.05, 4.69) is 0 Å². The van der Waals surface area contributed by atoms with Crippen LogP contribution in [0.15, 0.2) is 24.2 Å². The Kier molecular flexibility index (Phi) is 2.98. The molecule has 0 nitrogen and oxygen atoms in total. The average molecular weight is 203 g/mol. The second-order valence-corrected chi connectivity index (χ2v) is 2.95. The quantitative estimate of drug-likeness (QED) is 0.509. The SMILES string of the molecule is Cc1cccc(F)c1/C=C/[B-](F)(F)F. The molecule has 1 rings (SSSR count). The lowest BCUT2D eigenvalue weighted by Gasteiger charge is -2.07. The summed E-state index contributed by atoms with van der Waals surface area (Å²) in [5, 5.41) is 0. The Bertz CT molecular complexity index is 334. The van der Waals surface area contributed by atoms with E-state index in [9.17, 15) is 17.3 Å². The second-order valence-electron chi connectivity index (χ2n) is 2.95. The van der Waals surface area contributed by atoms with Crippen LogP contribution in [0.4, 0.5) is 17.3 Å². The van der Waals surface area contributed by atoms with Crippen molar-refractivity contribution in [2.24, 2.45) is 0 Å². The van der Waals surface area contributed by atoms with Gasteiger partial charge in [-0.2, -0.15) is 0 Å². The molecule has 0 aliphatic heterocycles. The van der Waals surface area contributed by atoms with Gasteiger partial charge in [-0.25, -0.2) is 4.39 Å². The number of rotatable bonds is 2. The molecule has 1 aromatic rings. The molecule has 0 N–H and O–H groups in total. The van der Waals surface area contributed by atoms with E-state index in [1.165, 1.54) is 6.07 Å². The van der Waals surface area contributed by atoms with Crippen LogP contribution in [0.2, 0.25) is 0 Å². The summed E-state index contributed by atoms with van der Waals surface area (Å²) in [6, 6.07) is 4.16. The molecule has 0 fully saturated rings. The highest BCUT2D eigenvalue weighted by molar-refractivity contribution is 6.64. The number of hydrogen-bond donors (Lipinski definition) is 0. The number of aryl methyl sites for hydroxylation is 1. The van der Waals surface area contributed by atoms with Crippen LogP contribution in [-0.4, -0.2) is 6.98 Å². The molecular formula is C9H8BF4-. The molecule has 0 heterocycles. The smallest absolute Gasteiger partial charge is 0.445 e. The maximum atomic E-state index is 13.0. The molecular weight excluding hydrogens is 195 g/mol. The molecule has 0 saturated heterocycles. The van der Waals surface area contributed by atoms with E-state index in [0.29, 0.717) is 5.56 Å². The molecule has 5 heteroatoms. The topological polar surface area (TPSA) is 0 Å². The fourth-order valence-corrected chi connectivity index (χ4v) is 1.06. The van der Waals surface area contributed by atoms with Gasteiger partial charge in [-0.1, -0.05) is 18.2 Å². The van der Waals surface area contributed by atoms with Gasteiger partial charge in [0.05, 0.1) is 0 Å². The van der Waals surface area contributed by atoms with Crippen molar-refractivity contribution in [1.82, 2.24) is 0 Å². The third-order valence-corrected chi connectivity index (χ3v) is 1.75. The Morgan fingerprint density at radius 2 is 1.86 bits per heavy atom. The first-order chi connectivity index (χ1) is 6.40. The molecule has 0 bridgehead atoms. The highest BCUT2D eigenvalue weighted by Crippen LogP contribution is 2.17. The van der Waals surface area contributed by atoms with E-state index >= 15 is 0 Å². The molecule has 0 unspecified atom stereocenters. The minimum absolute atomic E-state index is 0.00769. The Morgan fingerprint density at radius 3 is 2.36 bits per heavy atom. The zero-order chi connectivity index (χ0) is 10.8. The van der Waals surface area contributed by atoms with Crippen molar-refractivity contribution in [2.75, 3.05) is 0 Å². The van der Waals surface area contributed by atoms with Crippen LogP contribution in [0, 0.1) is 12.7 Å². The van der Waals surface area contributed by atoms with Crippen molar-refractivity contribution < 1.29 is 17.3 Å². The zero-order valence-corrected chi connectivity index (χ0v) is 7.48. The van der Waals surface area contributed by atoms with Gasteiger partial charge in [0.25, 0.3) is 0 Å². The normalized spacial score (nSPS) is 12.4. The van der Waals surface area contributed by atoms with E-state index in [-0.39, 0.29) is 11.5 Å². The second kappa shape index (κ2) is 3.86.